The number of carbonyl (C=O) groups is 1. The SMILES string of the molecule is C=N/C(NC1(C)CC1)=C(\CC)C(C(=O)NC1(C2CC2)CC1)=C(C)C. The second-order valence-electron chi connectivity index (χ2n) is 8.28. The first-order valence-electron chi connectivity index (χ1n) is 9.32. The van der Waals surface area contributed by atoms with Gasteiger partial charge in [-0.1, -0.05) is 12.5 Å². The highest BCUT2D eigenvalue weighted by molar-refractivity contribution is 5.99. The maximum Gasteiger partial charge on any atom is 0.252 e. The molecule has 3 fully saturated rings. The molecule has 0 aliphatic heterocycles. The third kappa shape index (κ3) is 3.42. The molecule has 0 bridgehead atoms. The Balaban J connectivity index is 1.86. The number of hydrogen-bond donors (Lipinski definition) is 2. The number of allylic oxidation sites excluding steroid dienone is 1. The lowest BCUT2D eigenvalue weighted by atomic mass is 9.97. The standard InChI is InChI=1S/C20H31N3O/c1-6-15(17(21-5)22-19(4)9-10-19)16(13(2)3)18(24)23-20(11-12-20)14-7-8-14/h14,22H,5-12H2,1-4H3,(H,23,24)/b17-15-. The van der Waals surface area contributed by atoms with E-state index in [0.717, 1.165) is 54.6 Å². The molecule has 0 radical (unpaired) electrons. The number of amides is 1. The summed E-state index contributed by atoms with van der Waals surface area (Å²) in [6.45, 7) is 12.1. The van der Waals surface area contributed by atoms with Crippen LogP contribution >= 0.6 is 0 Å². The van der Waals surface area contributed by atoms with Crippen molar-refractivity contribution >= 4 is 12.6 Å². The van der Waals surface area contributed by atoms with E-state index < -0.39 is 0 Å². The molecule has 132 valence electrons. The van der Waals surface area contributed by atoms with E-state index in [4.69, 9.17) is 0 Å². The van der Waals surface area contributed by atoms with Crippen LogP contribution in [0.1, 0.15) is 72.6 Å². The third-order valence-corrected chi connectivity index (χ3v) is 5.76. The van der Waals surface area contributed by atoms with Crippen molar-refractivity contribution in [3.63, 3.8) is 0 Å². The summed E-state index contributed by atoms with van der Waals surface area (Å²) in [7, 11) is 0. The second kappa shape index (κ2) is 6.05. The fourth-order valence-electron chi connectivity index (χ4n) is 3.63. The summed E-state index contributed by atoms with van der Waals surface area (Å²) in [5, 5.41) is 6.87. The first-order chi connectivity index (χ1) is 11.3. The van der Waals surface area contributed by atoms with Crippen LogP contribution in [0.15, 0.2) is 27.5 Å². The number of rotatable bonds is 8. The van der Waals surface area contributed by atoms with E-state index in [1.54, 1.807) is 0 Å². The van der Waals surface area contributed by atoms with Crippen LogP contribution in [0.25, 0.3) is 0 Å². The van der Waals surface area contributed by atoms with Crippen LogP contribution in [-0.4, -0.2) is 23.7 Å². The van der Waals surface area contributed by atoms with Crippen LogP contribution in [-0.2, 0) is 4.79 Å². The van der Waals surface area contributed by atoms with Crippen LogP contribution in [0, 0.1) is 5.92 Å². The molecule has 3 rings (SSSR count). The predicted octanol–water partition coefficient (Wildman–Crippen LogP) is 3.85. The van der Waals surface area contributed by atoms with Gasteiger partial charge >= 0.3 is 0 Å². The Labute approximate surface area is 145 Å². The molecule has 3 saturated carbocycles. The normalized spacial score (nSPS) is 23.7. The number of hydrogen-bond acceptors (Lipinski definition) is 3. The zero-order valence-electron chi connectivity index (χ0n) is 15.6. The summed E-state index contributed by atoms with van der Waals surface area (Å²) < 4.78 is 0. The minimum atomic E-state index is 0.0696. The molecular weight excluding hydrogens is 298 g/mol. The number of carbonyl (C=O) groups excluding carboxylic acids is 1. The van der Waals surface area contributed by atoms with Crippen LogP contribution in [0.2, 0.25) is 0 Å². The smallest absolute Gasteiger partial charge is 0.252 e. The molecule has 24 heavy (non-hydrogen) atoms. The van der Waals surface area contributed by atoms with E-state index in [1.165, 1.54) is 12.8 Å². The molecule has 4 nitrogen and oxygen atoms in total. The summed E-state index contributed by atoms with van der Waals surface area (Å²) in [6, 6.07) is 0. The van der Waals surface area contributed by atoms with E-state index in [9.17, 15) is 4.79 Å². The monoisotopic (exact) mass is 329 g/mol. The summed E-state index contributed by atoms with van der Waals surface area (Å²) in [5.41, 5.74) is 3.03. The Morgan fingerprint density at radius 2 is 1.79 bits per heavy atom. The van der Waals surface area contributed by atoms with E-state index in [2.05, 4.69) is 36.2 Å². The van der Waals surface area contributed by atoms with E-state index in [1.807, 2.05) is 13.8 Å². The van der Waals surface area contributed by atoms with Gasteiger partial charge in [-0.3, -0.25) is 4.79 Å². The first-order valence-corrected chi connectivity index (χ1v) is 9.32. The van der Waals surface area contributed by atoms with Crippen molar-refractivity contribution in [2.75, 3.05) is 0 Å². The maximum absolute atomic E-state index is 13.1. The maximum atomic E-state index is 13.1. The fraction of sp³-hybridized carbons (Fsp3) is 0.700. The van der Waals surface area contributed by atoms with Crippen LogP contribution in [0.5, 0.6) is 0 Å². The zero-order valence-corrected chi connectivity index (χ0v) is 15.6. The van der Waals surface area contributed by atoms with Gasteiger partial charge in [0, 0.05) is 22.2 Å². The van der Waals surface area contributed by atoms with Crippen LogP contribution in [0.4, 0.5) is 0 Å². The Hall–Kier alpha value is -1.58. The zero-order chi connectivity index (χ0) is 17.5. The van der Waals surface area contributed by atoms with Gasteiger partial charge in [-0.05, 0) is 78.4 Å². The van der Waals surface area contributed by atoms with Gasteiger partial charge in [0.15, 0.2) is 0 Å². The molecule has 3 aliphatic rings. The van der Waals surface area contributed by atoms with Gasteiger partial charge in [0.25, 0.3) is 5.91 Å². The molecular formula is C20H31N3O. The number of nitrogens with zero attached hydrogens (tertiary/aromatic N) is 1. The largest absolute Gasteiger partial charge is 0.365 e. The summed E-state index contributed by atoms with van der Waals surface area (Å²) in [5.74, 6) is 1.55. The Morgan fingerprint density at radius 1 is 1.17 bits per heavy atom. The van der Waals surface area contributed by atoms with Gasteiger partial charge in [-0.25, -0.2) is 4.99 Å². The third-order valence-electron chi connectivity index (χ3n) is 5.76. The first kappa shape index (κ1) is 17.2. The highest BCUT2D eigenvalue weighted by Gasteiger charge is 2.55. The minimum Gasteiger partial charge on any atom is -0.365 e. The van der Waals surface area contributed by atoms with E-state index >= 15 is 0 Å². The van der Waals surface area contributed by atoms with E-state index in [-0.39, 0.29) is 17.0 Å². The predicted molar refractivity (Wildman–Crippen MR) is 98.8 cm³/mol. The van der Waals surface area contributed by atoms with Gasteiger partial charge in [0.2, 0.25) is 0 Å². The topological polar surface area (TPSA) is 53.5 Å². The average Bonchev–Trinajstić information content (AvgIpc) is 3.35. The fourth-order valence-corrected chi connectivity index (χ4v) is 3.63. The Kier molecular flexibility index (Phi) is 4.35. The molecule has 4 heteroatoms. The van der Waals surface area contributed by atoms with Gasteiger partial charge in [0.05, 0.1) is 0 Å². The van der Waals surface area contributed by atoms with E-state index in [0.29, 0.717) is 5.92 Å². The Morgan fingerprint density at radius 3 is 2.17 bits per heavy atom. The molecule has 1 amide bonds. The molecule has 2 N–H and O–H groups in total. The van der Waals surface area contributed by atoms with Crippen LogP contribution in [0.3, 0.4) is 0 Å². The quantitative estimate of drug-likeness (QED) is 0.404. The molecule has 0 aromatic rings. The Bertz CT molecular complexity index is 613. The van der Waals surface area contributed by atoms with Gasteiger partial charge < -0.3 is 10.6 Å². The molecule has 0 spiro atoms. The van der Waals surface area contributed by atoms with Crippen LogP contribution < -0.4 is 10.6 Å². The molecule has 0 heterocycles. The van der Waals surface area contributed by atoms with Crippen molar-refractivity contribution in [3.8, 4) is 0 Å². The van der Waals surface area contributed by atoms with Crippen molar-refractivity contribution in [1.29, 1.82) is 0 Å². The van der Waals surface area contributed by atoms with Gasteiger partial charge in [0.1, 0.15) is 5.82 Å². The number of nitrogens with one attached hydrogen (secondary N) is 2. The second-order valence-corrected chi connectivity index (χ2v) is 8.28. The molecule has 0 unspecified atom stereocenters. The van der Waals surface area contributed by atoms with Crippen molar-refractivity contribution in [2.45, 2.75) is 83.7 Å². The minimum absolute atomic E-state index is 0.0696. The molecule has 0 atom stereocenters. The highest BCUT2D eigenvalue weighted by Crippen LogP contribution is 2.53. The average molecular weight is 329 g/mol. The lowest BCUT2D eigenvalue weighted by Crippen LogP contribution is -2.40. The van der Waals surface area contributed by atoms with Gasteiger partial charge in [-0.15, -0.1) is 0 Å². The molecule has 0 saturated heterocycles. The highest BCUT2D eigenvalue weighted by atomic mass is 16.2. The lowest BCUT2D eigenvalue weighted by molar-refractivity contribution is -0.118. The van der Waals surface area contributed by atoms with Crippen molar-refractivity contribution < 1.29 is 4.79 Å². The summed E-state index contributed by atoms with van der Waals surface area (Å²) in [6.07, 6.45) is 7.84. The molecule has 3 aliphatic carbocycles. The summed E-state index contributed by atoms with van der Waals surface area (Å²) >= 11 is 0. The van der Waals surface area contributed by atoms with Crippen molar-refractivity contribution in [2.24, 2.45) is 10.9 Å². The lowest BCUT2D eigenvalue weighted by Gasteiger charge is -2.23. The molecule has 0 aromatic heterocycles. The summed E-state index contributed by atoms with van der Waals surface area (Å²) in [4.78, 5) is 17.3. The molecule has 0 aromatic carbocycles. The van der Waals surface area contributed by atoms with Crippen molar-refractivity contribution in [3.05, 3.63) is 22.5 Å². The van der Waals surface area contributed by atoms with Crippen molar-refractivity contribution in [1.82, 2.24) is 10.6 Å². The van der Waals surface area contributed by atoms with Gasteiger partial charge in [-0.2, -0.15) is 0 Å². The number of aliphatic imine (C=N–C) groups is 1.